The van der Waals surface area contributed by atoms with Gasteiger partial charge in [-0.1, -0.05) is 0 Å². The first-order chi connectivity index (χ1) is 8.38. The first-order valence-corrected chi connectivity index (χ1v) is 8.56. The van der Waals surface area contributed by atoms with Gasteiger partial charge in [0.1, 0.15) is 0 Å². The molecule has 2 aliphatic rings. The Hall–Kier alpha value is -0.170. The van der Waals surface area contributed by atoms with E-state index in [4.69, 9.17) is 5.73 Å². The molecule has 0 bridgehead atoms. The van der Waals surface area contributed by atoms with E-state index in [0.29, 0.717) is 24.8 Å². The normalized spacial score (nSPS) is 38.7. The van der Waals surface area contributed by atoms with Crippen molar-refractivity contribution in [2.24, 2.45) is 5.73 Å². The van der Waals surface area contributed by atoms with Crippen molar-refractivity contribution in [1.82, 2.24) is 9.80 Å². The third-order valence-corrected chi connectivity index (χ3v) is 6.21. The molecule has 2 N–H and O–H groups in total. The van der Waals surface area contributed by atoms with Gasteiger partial charge in [0, 0.05) is 31.2 Å². The molecule has 6 heteroatoms. The first-order valence-electron chi connectivity index (χ1n) is 6.74. The SMILES string of the molecule is CC1CN(C)CCCN1C1(CN)CCS(=O)(=O)C1. The summed E-state index contributed by atoms with van der Waals surface area (Å²) in [6, 6.07) is 0.370. The molecule has 0 saturated carbocycles. The van der Waals surface area contributed by atoms with Gasteiger partial charge >= 0.3 is 0 Å². The van der Waals surface area contributed by atoms with E-state index in [2.05, 4.69) is 23.8 Å². The Kier molecular flexibility index (Phi) is 4.02. The molecule has 0 radical (unpaired) electrons. The Balaban J connectivity index is 2.22. The minimum absolute atomic E-state index is 0.241. The Morgan fingerprint density at radius 3 is 2.67 bits per heavy atom. The van der Waals surface area contributed by atoms with Gasteiger partial charge in [0.2, 0.25) is 0 Å². The number of rotatable bonds is 2. The maximum Gasteiger partial charge on any atom is 0.152 e. The first kappa shape index (κ1) is 14.2. The maximum absolute atomic E-state index is 11.8. The molecule has 2 atom stereocenters. The van der Waals surface area contributed by atoms with Crippen LogP contribution in [0.5, 0.6) is 0 Å². The summed E-state index contributed by atoms with van der Waals surface area (Å²) < 4.78 is 23.6. The van der Waals surface area contributed by atoms with Crippen LogP contribution in [-0.2, 0) is 9.84 Å². The summed E-state index contributed by atoms with van der Waals surface area (Å²) in [7, 11) is -0.774. The third-order valence-electron chi connectivity index (χ3n) is 4.40. The van der Waals surface area contributed by atoms with Gasteiger partial charge in [-0.2, -0.15) is 0 Å². The zero-order valence-electron chi connectivity index (χ0n) is 11.4. The van der Waals surface area contributed by atoms with Gasteiger partial charge in [-0.3, -0.25) is 4.90 Å². The Morgan fingerprint density at radius 1 is 1.39 bits per heavy atom. The summed E-state index contributed by atoms with van der Waals surface area (Å²) in [5, 5.41) is 0. The highest BCUT2D eigenvalue weighted by Crippen LogP contribution is 2.31. The van der Waals surface area contributed by atoms with Crippen LogP contribution in [0.2, 0.25) is 0 Å². The van der Waals surface area contributed by atoms with Crippen LogP contribution in [0.3, 0.4) is 0 Å². The van der Waals surface area contributed by atoms with Crippen LogP contribution in [0, 0.1) is 0 Å². The average molecular weight is 275 g/mol. The smallest absolute Gasteiger partial charge is 0.152 e. The summed E-state index contributed by atoms with van der Waals surface area (Å²) in [5.74, 6) is 0.536. The largest absolute Gasteiger partial charge is 0.329 e. The molecule has 2 fully saturated rings. The number of sulfone groups is 1. The summed E-state index contributed by atoms with van der Waals surface area (Å²) in [6.45, 7) is 5.65. The molecule has 0 aromatic carbocycles. The van der Waals surface area contributed by atoms with E-state index in [1.165, 1.54) is 0 Å². The fourth-order valence-electron chi connectivity index (χ4n) is 3.48. The molecule has 2 rings (SSSR count). The fourth-order valence-corrected chi connectivity index (χ4v) is 5.56. The van der Waals surface area contributed by atoms with Crippen LogP contribution in [-0.4, -0.2) is 74.5 Å². The van der Waals surface area contributed by atoms with Crippen LogP contribution in [0.15, 0.2) is 0 Å². The monoisotopic (exact) mass is 275 g/mol. The molecular weight excluding hydrogens is 250 g/mol. The van der Waals surface area contributed by atoms with Gasteiger partial charge in [0.05, 0.1) is 11.5 Å². The van der Waals surface area contributed by atoms with Crippen molar-refractivity contribution < 1.29 is 8.42 Å². The van der Waals surface area contributed by atoms with E-state index in [1.807, 2.05) is 0 Å². The molecule has 0 aliphatic carbocycles. The molecule has 2 aliphatic heterocycles. The van der Waals surface area contributed by atoms with Crippen LogP contribution in [0.4, 0.5) is 0 Å². The zero-order chi connectivity index (χ0) is 13.4. The maximum atomic E-state index is 11.8. The molecule has 5 nitrogen and oxygen atoms in total. The molecule has 106 valence electrons. The standard InChI is InChI=1S/C12H25N3O2S/c1-11-8-14(2)5-3-6-15(11)12(9-13)4-7-18(16,17)10-12/h11H,3-10,13H2,1-2H3. The fraction of sp³-hybridized carbons (Fsp3) is 1.00. The molecule has 0 aromatic rings. The lowest BCUT2D eigenvalue weighted by atomic mass is 9.94. The van der Waals surface area contributed by atoms with Crippen molar-refractivity contribution >= 4 is 9.84 Å². The molecule has 2 unspecified atom stereocenters. The van der Waals surface area contributed by atoms with E-state index in [1.54, 1.807) is 0 Å². The van der Waals surface area contributed by atoms with Gasteiger partial charge in [-0.05, 0) is 33.4 Å². The van der Waals surface area contributed by atoms with Crippen molar-refractivity contribution in [3.05, 3.63) is 0 Å². The quantitative estimate of drug-likeness (QED) is 0.738. The lowest BCUT2D eigenvalue weighted by Gasteiger charge is -2.43. The topological polar surface area (TPSA) is 66.6 Å². The van der Waals surface area contributed by atoms with E-state index in [9.17, 15) is 8.42 Å². The summed E-state index contributed by atoms with van der Waals surface area (Å²) >= 11 is 0. The van der Waals surface area contributed by atoms with E-state index in [0.717, 1.165) is 26.1 Å². The van der Waals surface area contributed by atoms with Crippen molar-refractivity contribution in [3.63, 3.8) is 0 Å². The molecule has 2 heterocycles. The van der Waals surface area contributed by atoms with Gasteiger partial charge in [-0.25, -0.2) is 8.42 Å². The number of likely N-dealkylation sites (N-methyl/N-ethyl adjacent to an activating group) is 1. The van der Waals surface area contributed by atoms with Crippen LogP contribution in [0.1, 0.15) is 19.8 Å². The van der Waals surface area contributed by atoms with Crippen molar-refractivity contribution in [3.8, 4) is 0 Å². The second-order valence-electron chi connectivity index (χ2n) is 5.93. The van der Waals surface area contributed by atoms with E-state index >= 15 is 0 Å². The predicted octanol–water partition coefficient (Wildman–Crippen LogP) is -0.472. The average Bonchev–Trinajstić information content (AvgIpc) is 2.50. The molecule has 0 aromatic heterocycles. The molecule has 18 heavy (non-hydrogen) atoms. The highest BCUT2D eigenvalue weighted by atomic mass is 32.2. The molecular formula is C12H25N3O2S. The number of nitrogens with two attached hydrogens (primary N) is 1. The Bertz CT molecular complexity index is 398. The van der Waals surface area contributed by atoms with Crippen molar-refractivity contribution in [1.29, 1.82) is 0 Å². The zero-order valence-corrected chi connectivity index (χ0v) is 12.2. The lowest BCUT2D eigenvalue weighted by Crippen LogP contribution is -2.59. The van der Waals surface area contributed by atoms with Gasteiger partial charge in [0.15, 0.2) is 9.84 Å². The minimum atomic E-state index is -2.90. The second kappa shape index (κ2) is 5.07. The molecule has 0 amide bonds. The molecule has 2 saturated heterocycles. The van der Waals surface area contributed by atoms with Gasteiger partial charge in [-0.15, -0.1) is 0 Å². The van der Waals surface area contributed by atoms with Crippen molar-refractivity contribution in [2.75, 3.05) is 44.7 Å². The molecule has 0 spiro atoms. The van der Waals surface area contributed by atoms with Crippen LogP contribution >= 0.6 is 0 Å². The second-order valence-corrected chi connectivity index (χ2v) is 8.11. The summed E-state index contributed by atoms with van der Waals surface area (Å²) in [6.07, 6.45) is 1.78. The highest BCUT2D eigenvalue weighted by molar-refractivity contribution is 7.91. The Labute approximate surface area is 110 Å². The highest BCUT2D eigenvalue weighted by Gasteiger charge is 2.47. The van der Waals surface area contributed by atoms with Crippen molar-refractivity contribution in [2.45, 2.75) is 31.3 Å². The summed E-state index contributed by atoms with van der Waals surface area (Å²) in [5.41, 5.74) is 5.63. The predicted molar refractivity (Wildman–Crippen MR) is 73.3 cm³/mol. The minimum Gasteiger partial charge on any atom is -0.329 e. The van der Waals surface area contributed by atoms with E-state index in [-0.39, 0.29) is 11.3 Å². The summed E-state index contributed by atoms with van der Waals surface area (Å²) in [4.78, 5) is 4.68. The number of hydrogen-bond acceptors (Lipinski definition) is 5. The van der Waals surface area contributed by atoms with Gasteiger partial charge in [0.25, 0.3) is 0 Å². The van der Waals surface area contributed by atoms with Gasteiger partial charge < -0.3 is 10.6 Å². The van der Waals surface area contributed by atoms with E-state index < -0.39 is 9.84 Å². The lowest BCUT2D eigenvalue weighted by molar-refractivity contribution is 0.0756. The third kappa shape index (κ3) is 2.71. The van der Waals surface area contributed by atoms with Crippen LogP contribution in [0.25, 0.3) is 0 Å². The number of hydrogen-bond donors (Lipinski definition) is 1. The Morgan fingerprint density at radius 2 is 2.11 bits per heavy atom. The number of nitrogens with zero attached hydrogens (tertiary/aromatic N) is 2. The van der Waals surface area contributed by atoms with Crippen LogP contribution < -0.4 is 5.73 Å².